The topological polar surface area (TPSA) is 12.5 Å². The molecule has 1 aliphatic heterocycles. The van der Waals surface area contributed by atoms with Crippen molar-refractivity contribution < 1.29 is 4.74 Å². The van der Waals surface area contributed by atoms with Crippen molar-refractivity contribution in [3.05, 3.63) is 58.6 Å². The monoisotopic (exact) mass is 368 g/mol. The number of nitrogens with zero attached hydrogens (tertiary/aromatic N) is 1. The summed E-state index contributed by atoms with van der Waals surface area (Å²) in [6, 6.07) is 15.1. The van der Waals surface area contributed by atoms with Crippen LogP contribution in [0.25, 0.3) is 0 Å². The van der Waals surface area contributed by atoms with Gasteiger partial charge in [-0.2, -0.15) is 0 Å². The van der Waals surface area contributed by atoms with E-state index in [-0.39, 0.29) is 0 Å². The Morgan fingerprint density at radius 1 is 1.04 bits per heavy atom. The van der Waals surface area contributed by atoms with Crippen LogP contribution in [0, 0.1) is 0 Å². The van der Waals surface area contributed by atoms with Gasteiger partial charge in [-0.05, 0) is 80.6 Å². The van der Waals surface area contributed by atoms with Gasteiger partial charge in [-0.15, -0.1) is 0 Å². The van der Waals surface area contributed by atoms with Gasteiger partial charge < -0.3 is 9.64 Å². The van der Waals surface area contributed by atoms with E-state index in [1.807, 2.05) is 37.2 Å². The first kappa shape index (κ1) is 19.3. The van der Waals surface area contributed by atoms with Crippen LogP contribution in [0.5, 0.6) is 5.75 Å². The van der Waals surface area contributed by atoms with Gasteiger partial charge in [0.05, 0.1) is 7.11 Å². The lowest BCUT2D eigenvalue weighted by atomic mass is 9.73. The predicted molar refractivity (Wildman–Crippen MR) is 112 cm³/mol. The quantitative estimate of drug-likeness (QED) is 0.746. The van der Waals surface area contributed by atoms with Crippen molar-refractivity contribution in [1.82, 2.24) is 4.90 Å². The van der Waals surface area contributed by atoms with Gasteiger partial charge in [0.15, 0.2) is 0 Å². The Morgan fingerprint density at radius 2 is 1.77 bits per heavy atom. The first-order chi connectivity index (χ1) is 12.7. The number of aryl methyl sites for hydroxylation is 1. The molecule has 2 aromatic carbocycles. The Balaban J connectivity index is 0.000000170. The normalized spacial score (nSPS) is 19.3. The van der Waals surface area contributed by atoms with Gasteiger partial charge in [-0.1, -0.05) is 42.1 Å². The summed E-state index contributed by atoms with van der Waals surface area (Å²) in [6.07, 6.45) is 6.54. The molecule has 0 saturated carbocycles. The fraction of sp³-hybridized carbons (Fsp3) is 0.455. The number of hydrogen-bond acceptors (Lipinski definition) is 2. The number of ether oxygens (including phenoxy) is 1. The van der Waals surface area contributed by atoms with Crippen LogP contribution in [0.2, 0.25) is 11.8 Å². The molecule has 1 radical (unpaired) electrons. The molecule has 4 heteroatoms. The molecule has 0 aromatic heterocycles. The molecule has 1 fully saturated rings. The molecule has 26 heavy (non-hydrogen) atoms. The Morgan fingerprint density at radius 3 is 2.42 bits per heavy atom. The van der Waals surface area contributed by atoms with E-state index in [1.165, 1.54) is 61.8 Å². The maximum absolute atomic E-state index is 6.07. The number of halogens is 1. The molecule has 0 amide bonds. The Hall–Kier alpha value is -1.45. The average Bonchev–Trinajstić information content (AvgIpc) is 3.23. The van der Waals surface area contributed by atoms with Gasteiger partial charge in [-0.3, -0.25) is 0 Å². The average molecular weight is 369 g/mol. The maximum Gasteiger partial charge on any atom is 0.148 e. The van der Waals surface area contributed by atoms with Crippen molar-refractivity contribution >= 4 is 24.3 Å². The van der Waals surface area contributed by atoms with E-state index in [0.29, 0.717) is 0 Å². The summed E-state index contributed by atoms with van der Waals surface area (Å²) in [5, 5.41) is 0.890. The SMILES string of the molecule is C[B]c1ccc(OC)cc1.Clc1ccc2c(c1)CC(N1CCCC1)CC2. The minimum Gasteiger partial charge on any atom is -0.497 e. The van der Waals surface area contributed by atoms with Crippen LogP contribution in [-0.2, 0) is 12.8 Å². The zero-order valence-corrected chi connectivity index (χ0v) is 16.6. The first-order valence-corrected chi connectivity index (χ1v) is 10.0. The molecule has 0 N–H and O–H groups in total. The second-order valence-electron chi connectivity index (χ2n) is 7.11. The zero-order valence-electron chi connectivity index (χ0n) is 15.9. The molecular formula is C22H28BClNO. The van der Waals surface area contributed by atoms with Crippen molar-refractivity contribution in [2.45, 2.75) is 45.0 Å². The van der Waals surface area contributed by atoms with E-state index >= 15 is 0 Å². The summed E-state index contributed by atoms with van der Waals surface area (Å²) in [6.45, 7) is 4.63. The second-order valence-corrected chi connectivity index (χ2v) is 7.55. The Kier molecular flexibility index (Phi) is 7.04. The molecule has 137 valence electrons. The molecule has 1 heterocycles. The summed E-state index contributed by atoms with van der Waals surface area (Å²) in [4.78, 5) is 2.67. The standard InChI is InChI=1S/C14H18ClN.C8H10BO/c15-13-5-3-11-4-6-14(10-12(11)9-13)16-7-1-2-8-16;1-9-7-3-5-8(10-2)6-4-7/h3,5,9,14H,1-2,4,6-8,10H2;3-6H,1-2H3. The number of likely N-dealkylation sites (tertiary alicyclic amines) is 1. The van der Waals surface area contributed by atoms with Crippen molar-refractivity contribution in [3.63, 3.8) is 0 Å². The number of benzene rings is 2. The van der Waals surface area contributed by atoms with E-state index in [9.17, 15) is 0 Å². The summed E-state index contributed by atoms with van der Waals surface area (Å²) >= 11 is 6.07. The zero-order chi connectivity index (χ0) is 18.4. The highest BCUT2D eigenvalue weighted by atomic mass is 35.5. The highest BCUT2D eigenvalue weighted by molar-refractivity contribution is 6.51. The molecule has 1 aliphatic carbocycles. The van der Waals surface area contributed by atoms with E-state index in [0.717, 1.165) is 16.8 Å². The van der Waals surface area contributed by atoms with Gasteiger partial charge in [0.2, 0.25) is 0 Å². The summed E-state index contributed by atoms with van der Waals surface area (Å²) in [5.41, 5.74) is 4.22. The smallest absolute Gasteiger partial charge is 0.148 e. The third-order valence-electron chi connectivity index (χ3n) is 5.48. The third-order valence-corrected chi connectivity index (χ3v) is 5.71. The molecule has 1 saturated heterocycles. The lowest BCUT2D eigenvalue weighted by Crippen LogP contribution is -2.37. The van der Waals surface area contributed by atoms with Crippen molar-refractivity contribution in [2.24, 2.45) is 0 Å². The van der Waals surface area contributed by atoms with Gasteiger partial charge in [0, 0.05) is 11.1 Å². The summed E-state index contributed by atoms with van der Waals surface area (Å²) in [5.74, 6) is 0.908. The van der Waals surface area contributed by atoms with E-state index < -0.39 is 0 Å². The summed E-state index contributed by atoms with van der Waals surface area (Å²) < 4.78 is 5.00. The van der Waals surface area contributed by atoms with Gasteiger partial charge in [-0.25, -0.2) is 0 Å². The Bertz CT molecular complexity index is 675. The van der Waals surface area contributed by atoms with Crippen molar-refractivity contribution in [1.29, 1.82) is 0 Å². The van der Waals surface area contributed by atoms with E-state index in [2.05, 4.69) is 24.3 Å². The van der Waals surface area contributed by atoms with Gasteiger partial charge in [0.1, 0.15) is 13.0 Å². The van der Waals surface area contributed by atoms with E-state index in [4.69, 9.17) is 16.3 Å². The molecule has 0 spiro atoms. The van der Waals surface area contributed by atoms with Crippen molar-refractivity contribution in [3.8, 4) is 5.75 Å². The minimum absolute atomic E-state index is 0.772. The molecule has 2 aromatic rings. The minimum atomic E-state index is 0.772. The number of hydrogen-bond donors (Lipinski definition) is 0. The predicted octanol–water partition coefficient (Wildman–Crippen LogP) is 4.37. The largest absolute Gasteiger partial charge is 0.497 e. The molecule has 1 unspecified atom stereocenters. The molecule has 2 aliphatic rings. The first-order valence-electron chi connectivity index (χ1n) is 9.64. The Labute approximate surface area is 163 Å². The van der Waals surface area contributed by atoms with Crippen LogP contribution in [-0.4, -0.2) is 38.4 Å². The fourth-order valence-corrected chi connectivity index (χ4v) is 4.12. The highest BCUT2D eigenvalue weighted by Gasteiger charge is 2.26. The molecular weight excluding hydrogens is 341 g/mol. The maximum atomic E-state index is 6.07. The molecule has 2 nitrogen and oxygen atoms in total. The van der Waals surface area contributed by atoms with Crippen molar-refractivity contribution in [2.75, 3.05) is 20.2 Å². The lowest BCUT2D eigenvalue weighted by Gasteiger charge is -2.32. The molecule has 1 atom stereocenters. The van der Waals surface area contributed by atoms with Gasteiger partial charge >= 0.3 is 0 Å². The summed E-state index contributed by atoms with van der Waals surface area (Å²) in [7, 11) is 3.73. The van der Waals surface area contributed by atoms with Gasteiger partial charge in [0.25, 0.3) is 0 Å². The van der Waals surface area contributed by atoms with Crippen LogP contribution in [0.4, 0.5) is 0 Å². The van der Waals surface area contributed by atoms with E-state index in [1.54, 1.807) is 7.11 Å². The van der Waals surface area contributed by atoms with Crippen LogP contribution in [0.3, 0.4) is 0 Å². The fourth-order valence-electron chi connectivity index (χ4n) is 3.92. The second kappa shape index (κ2) is 9.48. The van der Waals surface area contributed by atoms with Crippen LogP contribution in [0.15, 0.2) is 42.5 Å². The lowest BCUT2D eigenvalue weighted by molar-refractivity contribution is 0.222. The number of rotatable bonds is 3. The molecule has 0 bridgehead atoms. The third kappa shape index (κ3) is 5.05. The number of methoxy groups -OCH3 is 1. The molecule has 4 rings (SSSR count). The number of fused-ring (bicyclic) bond motifs is 1. The van der Waals surface area contributed by atoms with Crippen LogP contribution < -0.4 is 10.2 Å². The van der Waals surface area contributed by atoms with Crippen LogP contribution >= 0.6 is 11.6 Å². The highest BCUT2D eigenvalue weighted by Crippen LogP contribution is 2.28. The van der Waals surface area contributed by atoms with Crippen LogP contribution in [0.1, 0.15) is 30.4 Å².